The second kappa shape index (κ2) is 14.2. The molecule has 13 rings (SSSR count). The van der Waals surface area contributed by atoms with Crippen LogP contribution >= 0.6 is 11.8 Å². The smallest absolute Gasteiger partial charge is 0.0735 e. The third-order valence-electron chi connectivity index (χ3n) is 13.9. The minimum absolute atomic E-state index is 0.502. The van der Waals surface area contributed by atoms with Crippen LogP contribution in [0.3, 0.4) is 0 Å². The Morgan fingerprint density at radius 1 is 0.469 bits per heavy atom. The molecule has 1 aliphatic heterocycles. The molecule has 2 heterocycles. The number of para-hydroxylation sites is 2. The molecule has 0 unspecified atom stereocenters. The van der Waals surface area contributed by atoms with Gasteiger partial charge in [0.15, 0.2) is 0 Å². The van der Waals surface area contributed by atoms with Gasteiger partial charge in [0.2, 0.25) is 0 Å². The molecule has 1 nitrogen and oxygen atoms in total. The first-order chi connectivity index (χ1) is 31.6. The molecule has 1 aromatic heterocycles. The maximum Gasteiger partial charge on any atom is 0.0735 e. The van der Waals surface area contributed by atoms with Crippen molar-refractivity contribution >= 4 is 49.9 Å². The fourth-order valence-corrected chi connectivity index (χ4v) is 12.4. The van der Waals surface area contributed by atoms with Gasteiger partial charge >= 0.3 is 0 Å². The molecule has 0 N–H and O–H groups in total. The zero-order chi connectivity index (χ0) is 42.5. The maximum atomic E-state index is 5.10. The van der Waals surface area contributed by atoms with Crippen LogP contribution < -0.4 is 0 Å². The first-order valence-corrected chi connectivity index (χ1v) is 22.9. The van der Waals surface area contributed by atoms with E-state index in [4.69, 9.17) is 6.58 Å². The normalized spacial score (nSPS) is 13.2. The molecule has 0 saturated heterocycles. The van der Waals surface area contributed by atoms with Crippen molar-refractivity contribution in [2.24, 2.45) is 0 Å². The maximum absolute atomic E-state index is 5.10. The first-order valence-electron chi connectivity index (χ1n) is 22.1. The summed E-state index contributed by atoms with van der Waals surface area (Å²) in [5, 5.41) is 4.93. The van der Waals surface area contributed by atoms with Crippen molar-refractivity contribution in [1.29, 1.82) is 0 Å². The van der Waals surface area contributed by atoms with Crippen LogP contribution in [-0.4, -0.2) is 4.57 Å². The Morgan fingerprint density at radius 3 is 1.89 bits per heavy atom. The van der Waals surface area contributed by atoms with Crippen LogP contribution in [0.2, 0.25) is 0 Å². The molecule has 1 spiro atoms. The van der Waals surface area contributed by atoms with Gasteiger partial charge in [0.25, 0.3) is 0 Å². The van der Waals surface area contributed by atoms with E-state index >= 15 is 0 Å². The minimum Gasteiger partial charge on any atom is -0.309 e. The van der Waals surface area contributed by atoms with Crippen LogP contribution in [-0.2, 0) is 5.41 Å². The van der Waals surface area contributed by atoms with E-state index in [-0.39, 0.29) is 0 Å². The summed E-state index contributed by atoms with van der Waals surface area (Å²) < 4.78 is 2.45. The second-order valence-corrected chi connectivity index (χ2v) is 18.3. The van der Waals surface area contributed by atoms with Gasteiger partial charge in [0, 0.05) is 31.8 Å². The summed E-state index contributed by atoms with van der Waals surface area (Å²) in [5.41, 5.74) is 20.2. The Kier molecular flexibility index (Phi) is 8.19. The zero-order valence-electron chi connectivity index (χ0n) is 35.3. The lowest BCUT2D eigenvalue weighted by atomic mass is 9.67. The second-order valence-electron chi connectivity index (χ2n) is 17.3. The molecule has 10 aromatic carbocycles. The number of hydrogen-bond donors (Lipinski definition) is 0. The molecule has 0 atom stereocenters. The molecule has 64 heavy (non-hydrogen) atoms. The number of nitrogens with zero attached hydrogens (tertiary/aromatic N) is 1. The van der Waals surface area contributed by atoms with E-state index in [9.17, 15) is 0 Å². The summed E-state index contributed by atoms with van der Waals surface area (Å²) in [6, 6.07) is 81.0. The molecule has 0 saturated carbocycles. The van der Waals surface area contributed by atoms with Gasteiger partial charge in [0.1, 0.15) is 0 Å². The van der Waals surface area contributed by atoms with Crippen molar-refractivity contribution in [3.05, 3.63) is 264 Å². The summed E-state index contributed by atoms with van der Waals surface area (Å²) in [7, 11) is 0. The van der Waals surface area contributed by atoms with Gasteiger partial charge in [-0.25, -0.2) is 0 Å². The predicted octanol–water partition coefficient (Wildman–Crippen LogP) is 16.5. The summed E-state index contributed by atoms with van der Waals surface area (Å²) in [4.78, 5) is 2.60. The number of fused-ring (bicyclic) bond motifs is 14. The molecule has 11 aromatic rings. The summed E-state index contributed by atoms with van der Waals surface area (Å²) in [6.07, 6.45) is 0. The Hall–Kier alpha value is -7.65. The van der Waals surface area contributed by atoms with Crippen molar-refractivity contribution < 1.29 is 0 Å². The molecule has 1 aliphatic carbocycles. The highest BCUT2D eigenvalue weighted by Gasteiger charge is 2.51. The molecule has 2 heteroatoms. The Morgan fingerprint density at radius 2 is 1.09 bits per heavy atom. The van der Waals surface area contributed by atoms with E-state index in [0.29, 0.717) is 0 Å². The lowest BCUT2D eigenvalue weighted by Gasteiger charge is -2.39. The van der Waals surface area contributed by atoms with Gasteiger partial charge < -0.3 is 4.57 Å². The average molecular weight is 832 g/mol. The van der Waals surface area contributed by atoms with E-state index in [0.717, 1.165) is 22.4 Å². The van der Waals surface area contributed by atoms with Gasteiger partial charge in [-0.05, 0) is 139 Å². The Labute approximate surface area is 377 Å². The molecular formula is C62H41NS. The van der Waals surface area contributed by atoms with E-state index < -0.39 is 5.41 Å². The Bertz CT molecular complexity index is 3690. The van der Waals surface area contributed by atoms with Crippen molar-refractivity contribution in [3.63, 3.8) is 0 Å². The van der Waals surface area contributed by atoms with Gasteiger partial charge in [-0.2, -0.15) is 0 Å². The largest absolute Gasteiger partial charge is 0.309 e. The lowest BCUT2D eigenvalue weighted by Crippen LogP contribution is -2.31. The van der Waals surface area contributed by atoms with E-state index in [1.54, 1.807) is 0 Å². The molecule has 2 aliphatic rings. The topological polar surface area (TPSA) is 4.93 Å². The van der Waals surface area contributed by atoms with Crippen LogP contribution in [0, 0.1) is 6.92 Å². The monoisotopic (exact) mass is 831 g/mol. The van der Waals surface area contributed by atoms with Crippen LogP contribution in [0.15, 0.2) is 235 Å². The zero-order valence-corrected chi connectivity index (χ0v) is 36.2. The third kappa shape index (κ3) is 5.21. The number of hydrogen-bond acceptors (Lipinski definition) is 1. The molecule has 0 amide bonds. The molecular weight excluding hydrogens is 791 g/mol. The standard InChI is InChI=1S/C62H41NS/c1-39-18-6-8-24-46(39)42-20-16-21-43(36-42)50-37-44(38-51-49-26-10-13-31-56(49)63(61(50)51)45-22-4-3-5-23-45)40(2)47-27-17-30-54-59(47)60-48-25-9-7-19-41(48)34-35-55(60)62(54)52-28-11-14-32-57(52)64-58-33-15-12-29-53(58)62/h3-38H,2H2,1H3. The average Bonchev–Trinajstić information content (AvgIpc) is 3.85. The van der Waals surface area contributed by atoms with Gasteiger partial charge in [-0.3, -0.25) is 0 Å². The van der Waals surface area contributed by atoms with E-state index in [1.807, 2.05) is 11.8 Å². The van der Waals surface area contributed by atoms with Crippen LogP contribution in [0.4, 0.5) is 0 Å². The highest BCUT2D eigenvalue weighted by Crippen LogP contribution is 2.64. The van der Waals surface area contributed by atoms with E-state index in [1.165, 1.54) is 104 Å². The minimum atomic E-state index is -0.502. The molecule has 0 fully saturated rings. The van der Waals surface area contributed by atoms with Crippen molar-refractivity contribution in [2.75, 3.05) is 0 Å². The van der Waals surface area contributed by atoms with Crippen molar-refractivity contribution in [3.8, 4) is 39.1 Å². The van der Waals surface area contributed by atoms with Gasteiger partial charge in [-0.1, -0.05) is 188 Å². The van der Waals surface area contributed by atoms with Gasteiger partial charge in [-0.15, -0.1) is 0 Å². The van der Waals surface area contributed by atoms with Crippen molar-refractivity contribution in [2.45, 2.75) is 22.1 Å². The van der Waals surface area contributed by atoms with Gasteiger partial charge in [0.05, 0.1) is 16.4 Å². The summed E-state index contributed by atoms with van der Waals surface area (Å²) >= 11 is 1.89. The fourth-order valence-electron chi connectivity index (χ4n) is 11.2. The molecule has 0 radical (unpaired) electrons. The predicted molar refractivity (Wildman–Crippen MR) is 270 cm³/mol. The highest BCUT2D eigenvalue weighted by atomic mass is 32.2. The third-order valence-corrected chi connectivity index (χ3v) is 15.1. The highest BCUT2D eigenvalue weighted by molar-refractivity contribution is 7.99. The van der Waals surface area contributed by atoms with Crippen LogP contribution in [0.5, 0.6) is 0 Å². The van der Waals surface area contributed by atoms with Crippen LogP contribution in [0.1, 0.15) is 38.9 Å². The molecule has 0 bridgehead atoms. The van der Waals surface area contributed by atoms with Crippen LogP contribution in [0.25, 0.3) is 77.2 Å². The summed E-state index contributed by atoms with van der Waals surface area (Å²) in [6.45, 7) is 7.30. The number of aryl methyl sites for hydroxylation is 1. The summed E-state index contributed by atoms with van der Waals surface area (Å²) in [5.74, 6) is 0. The fraction of sp³-hybridized carbons (Fsp3) is 0.0323. The van der Waals surface area contributed by atoms with Crippen molar-refractivity contribution in [1.82, 2.24) is 4.57 Å². The number of rotatable bonds is 5. The first kappa shape index (κ1) is 37.0. The van der Waals surface area contributed by atoms with E-state index in [2.05, 4.69) is 230 Å². The Balaban J connectivity index is 1.12. The number of benzene rings is 10. The number of aromatic nitrogens is 1. The molecule has 300 valence electrons. The quantitative estimate of drug-likeness (QED) is 0.167. The lowest BCUT2D eigenvalue weighted by molar-refractivity contribution is 0.723. The SMILES string of the molecule is C=C(c1cc(-c2cccc(-c3ccccc3C)c2)c2c(c1)c1ccccc1n2-c1ccccc1)c1cccc2c1-c1c(ccc3ccccc13)C21c2ccccc2Sc2ccccc21.